The van der Waals surface area contributed by atoms with Crippen molar-refractivity contribution in [3.8, 4) is 0 Å². The number of aliphatic imine (C=N–C) groups is 1. The molecule has 3 N–H and O–H groups in total. The molecule has 1 aromatic heterocycles. The number of H-pyrrole nitrogens is 1. The van der Waals surface area contributed by atoms with E-state index in [9.17, 15) is 22.0 Å². The zero-order valence-electron chi connectivity index (χ0n) is 16.2. The summed E-state index contributed by atoms with van der Waals surface area (Å²) in [4.78, 5) is 8.97. The fraction of sp³-hybridized carbons (Fsp3) is 0.350. The fourth-order valence-corrected chi connectivity index (χ4v) is 3.98. The van der Waals surface area contributed by atoms with Gasteiger partial charge >= 0.3 is 6.18 Å². The Kier molecular flexibility index (Phi) is 5.61. The maximum absolute atomic E-state index is 14.2. The second kappa shape index (κ2) is 8.22. The van der Waals surface area contributed by atoms with Crippen LogP contribution in [0.5, 0.6) is 0 Å². The number of aromatic nitrogens is 1. The molecule has 164 valence electrons. The number of nitrogens with zero attached hydrogens (tertiary/aromatic N) is 3. The van der Waals surface area contributed by atoms with Crippen molar-refractivity contribution in [3.05, 3.63) is 58.4 Å². The van der Waals surface area contributed by atoms with Crippen molar-refractivity contribution in [1.29, 1.82) is 5.53 Å². The van der Waals surface area contributed by atoms with Crippen molar-refractivity contribution >= 4 is 17.9 Å². The van der Waals surface area contributed by atoms with Crippen molar-refractivity contribution in [2.45, 2.75) is 25.6 Å². The van der Waals surface area contributed by atoms with E-state index in [2.05, 4.69) is 20.4 Å². The first-order valence-corrected chi connectivity index (χ1v) is 9.64. The summed E-state index contributed by atoms with van der Waals surface area (Å²) < 4.78 is 66.5. The van der Waals surface area contributed by atoms with Gasteiger partial charge in [0.2, 0.25) is 0 Å². The van der Waals surface area contributed by atoms with Crippen molar-refractivity contribution in [1.82, 2.24) is 15.2 Å². The van der Waals surface area contributed by atoms with E-state index >= 15 is 0 Å². The number of nitrogens with one attached hydrogen (secondary N) is 3. The summed E-state index contributed by atoms with van der Waals surface area (Å²) in [6.07, 6.45) is -0.371. The molecule has 1 saturated heterocycles. The molecule has 0 saturated carbocycles. The minimum absolute atomic E-state index is 0.0483. The van der Waals surface area contributed by atoms with Crippen molar-refractivity contribution < 1.29 is 22.0 Å². The third kappa shape index (κ3) is 4.22. The quantitative estimate of drug-likeness (QED) is 0.454. The van der Waals surface area contributed by atoms with Gasteiger partial charge in [0.15, 0.2) is 0 Å². The number of piperidine rings is 1. The van der Waals surface area contributed by atoms with Crippen LogP contribution in [0.1, 0.15) is 29.5 Å². The summed E-state index contributed by atoms with van der Waals surface area (Å²) in [7, 11) is 0. The Morgan fingerprint density at radius 3 is 2.48 bits per heavy atom. The van der Waals surface area contributed by atoms with E-state index in [1.54, 1.807) is 11.1 Å². The molecule has 2 aliphatic heterocycles. The monoisotopic (exact) mass is 438 g/mol. The van der Waals surface area contributed by atoms with E-state index in [-0.39, 0.29) is 18.0 Å². The second-order valence-electron chi connectivity index (χ2n) is 7.48. The van der Waals surface area contributed by atoms with E-state index in [0.29, 0.717) is 55.3 Å². The predicted molar refractivity (Wildman–Crippen MR) is 104 cm³/mol. The van der Waals surface area contributed by atoms with Gasteiger partial charge in [-0.05, 0) is 44.1 Å². The molecule has 2 aromatic rings. The number of hydrogen-bond acceptors (Lipinski definition) is 5. The zero-order chi connectivity index (χ0) is 22.2. The maximum atomic E-state index is 14.2. The largest absolute Gasteiger partial charge is 0.416 e. The molecule has 3 heterocycles. The number of fused-ring (bicyclic) bond motifs is 1. The molecule has 1 fully saturated rings. The first-order chi connectivity index (χ1) is 14.8. The van der Waals surface area contributed by atoms with Crippen LogP contribution in [-0.2, 0) is 12.7 Å². The summed E-state index contributed by atoms with van der Waals surface area (Å²) in [6.45, 7) is 0.801. The van der Waals surface area contributed by atoms with E-state index in [1.807, 2.05) is 6.07 Å². The summed E-state index contributed by atoms with van der Waals surface area (Å²) in [5.74, 6) is -1.79. The van der Waals surface area contributed by atoms with E-state index < -0.39 is 23.4 Å². The molecular weight excluding hydrogens is 419 g/mol. The van der Waals surface area contributed by atoms with Crippen LogP contribution < -0.4 is 5.32 Å². The Morgan fingerprint density at radius 1 is 1.19 bits per heavy atom. The van der Waals surface area contributed by atoms with Gasteiger partial charge in [-0.25, -0.2) is 19.3 Å². The molecular formula is C20H19F5N6. The molecule has 0 atom stereocenters. The Balaban J connectivity index is 1.47. The second-order valence-corrected chi connectivity index (χ2v) is 7.48. The van der Waals surface area contributed by atoms with Gasteiger partial charge in [0, 0.05) is 29.8 Å². The van der Waals surface area contributed by atoms with Gasteiger partial charge in [0.1, 0.15) is 17.5 Å². The molecule has 31 heavy (non-hydrogen) atoms. The highest BCUT2D eigenvalue weighted by molar-refractivity contribution is 5.87. The Bertz CT molecular complexity index is 1020. The fourth-order valence-electron chi connectivity index (χ4n) is 3.98. The number of aromatic amines is 1. The van der Waals surface area contributed by atoms with Crippen molar-refractivity contribution in [2.75, 3.05) is 13.1 Å². The van der Waals surface area contributed by atoms with Crippen LogP contribution >= 0.6 is 0 Å². The van der Waals surface area contributed by atoms with Gasteiger partial charge in [0.25, 0.3) is 0 Å². The third-order valence-corrected chi connectivity index (χ3v) is 5.60. The van der Waals surface area contributed by atoms with Gasteiger partial charge in [-0.2, -0.15) is 18.3 Å². The average molecular weight is 438 g/mol. The van der Waals surface area contributed by atoms with Gasteiger partial charge in [-0.15, -0.1) is 0 Å². The molecule has 0 aliphatic carbocycles. The number of alkyl halides is 3. The molecule has 0 radical (unpaired) electrons. The molecule has 0 bridgehead atoms. The van der Waals surface area contributed by atoms with Crippen molar-refractivity contribution in [3.63, 3.8) is 0 Å². The smallest absolute Gasteiger partial charge is 0.346 e. The number of allylic oxidation sites excluding steroid dienone is 1. The molecule has 0 spiro atoms. The van der Waals surface area contributed by atoms with Crippen LogP contribution in [0.2, 0.25) is 0 Å². The van der Waals surface area contributed by atoms with Crippen molar-refractivity contribution in [2.24, 2.45) is 16.0 Å². The SMILES string of the molecule is N=N/C(=C1\NC=Nc2[nH]ccc21)C1CCN(Cc2c(F)cc(C(F)(F)F)cc2F)CC1. The van der Waals surface area contributed by atoms with Crippen LogP contribution in [0, 0.1) is 23.1 Å². The molecule has 0 unspecified atom stereocenters. The lowest BCUT2D eigenvalue weighted by molar-refractivity contribution is -0.138. The predicted octanol–water partition coefficient (Wildman–Crippen LogP) is 5.19. The number of rotatable bonds is 4. The van der Waals surface area contributed by atoms with Gasteiger partial charge in [-0.3, -0.25) is 4.90 Å². The normalized spacial score (nSPS) is 19.1. The Labute approximate surface area is 174 Å². The molecule has 2 aliphatic rings. The van der Waals surface area contributed by atoms with Crippen LogP contribution in [-0.4, -0.2) is 29.3 Å². The van der Waals surface area contributed by atoms with Crippen LogP contribution in [0.3, 0.4) is 0 Å². The van der Waals surface area contributed by atoms with E-state index in [4.69, 9.17) is 5.53 Å². The van der Waals surface area contributed by atoms with Crippen LogP contribution in [0.15, 0.2) is 40.2 Å². The third-order valence-electron chi connectivity index (χ3n) is 5.60. The highest BCUT2D eigenvalue weighted by atomic mass is 19.4. The van der Waals surface area contributed by atoms with Crippen LogP contribution in [0.25, 0.3) is 5.70 Å². The van der Waals surface area contributed by atoms with E-state index in [0.717, 1.165) is 5.56 Å². The van der Waals surface area contributed by atoms with Gasteiger partial charge < -0.3 is 10.3 Å². The zero-order valence-corrected chi connectivity index (χ0v) is 16.2. The number of halogens is 5. The Morgan fingerprint density at radius 2 is 1.87 bits per heavy atom. The summed E-state index contributed by atoms with van der Waals surface area (Å²) in [6, 6.07) is 2.50. The molecule has 1 aromatic carbocycles. The number of hydrogen-bond donors (Lipinski definition) is 3. The Hall–Kier alpha value is -3.08. The lowest BCUT2D eigenvalue weighted by Gasteiger charge is -2.33. The molecule has 0 amide bonds. The standard InChI is InChI=1S/C20H19F5N6/c21-15-7-12(20(23,24)25)8-16(22)14(15)9-31-5-2-11(3-6-31)17(30-26)18-13-1-4-27-19(13)29-10-28-18/h1,4,7-8,10-11,26-27H,2-3,5-6,9H2,(H,28,29)/b18-17-,30-26?. The number of benzene rings is 1. The summed E-state index contributed by atoms with van der Waals surface area (Å²) >= 11 is 0. The minimum Gasteiger partial charge on any atom is -0.346 e. The maximum Gasteiger partial charge on any atom is 0.416 e. The lowest BCUT2D eigenvalue weighted by atomic mass is 9.91. The first-order valence-electron chi connectivity index (χ1n) is 9.64. The molecule has 4 rings (SSSR count). The summed E-state index contributed by atoms with van der Waals surface area (Å²) in [5, 5.41) is 6.77. The topological polar surface area (TPSA) is 79.6 Å². The highest BCUT2D eigenvalue weighted by Gasteiger charge is 2.33. The lowest BCUT2D eigenvalue weighted by Crippen LogP contribution is -2.35. The van der Waals surface area contributed by atoms with Gasteiger partial charge in [-0.1, -0.05) is 0 Å². The molecule has 11 heteroatoms. The highest BCUT2D eigenvalue weighted by Crippen LogP contribution is 2.36. The first kappa shape index (κ1) is 21.2. The van der Waals surface area contributed by atoms with Gasteiger partial charge in [0.05, 0.1) is 23.3 Å². The summed E-state index contributed by atoms with van der Waals surface area (Å²) in [5.41, 5.74) is 8.00. The molecule has 6 nitrogen and oxygen atoms in total. The number of likely N-dealkylation sites (tertiary alicyclic amines) is 1. The minimum atomic E-state index is -4.81. The van der Waals surface area contributed by atoms with Crippen LogP contribution in [0.4, 0.5) is 27.8 Å². The van der Waals surface area contributed by atoms with E-state index in [1.165, 1.54) is 6.34 Å². The average Bonchev–Trinajstić information content (AvgIpc) is 3.21.